The number of benzene rings is 1. The summed E-state index contributed by atoms with van der Waals surface area (Å²) >= 11 is 0. The summed E-state index contributed by atoms with van der Waals surface area (Å²) in [6.07, 6.45) is 1.87. The molecule has 2 rings (SSSR count). The fourth-order valence-electron chi connectivity index (χ4n) is 1.51. The van der Waals surface area contributed by atoms with Gasteiger partial charge in [-0.1, -0.05) is 18.7 Å². The number of aryl methyl sites for hydroxylation is 1. The maximum atomic E-state index is 5.57. The lowest BCUT2D eigenvalue weighted by Gasteiger charge is -1.86. The zero-order valence-corrected chi connectivity index (χ0v) is 7.66. The van der Waals surface area contributed by atoms with Gasteiger partial charge in [0.15, 0.2) is 6.54 Å². The maximum absolute atomic E-state index is 5.57. The molecular weight excluding hydrogens is 162 g/mol. The van der Waals surface area contributed by atoms with E-state index < -0.39 is 0 Å². The van der Waals surface area contributed by atoms with Crippen LogP contribution in [0.25, 0.3) is 11.1 Å². The number of hydrogen-bond donors (Lipinski definition) is 0. The topological polar surface area (TPSA) is 17.0 Å². The van der Waals surface area contributed by atoms with E-state index in [0.29, 0.717) is 0 Å². The van der Waals surface area contributed by atoms with Gasteiger partial charge in [-0.05, 0) is 12.1 Å². The molecule has 0 aliphatic heterocycles. The van der Waals surface area contributed by atoms with Gasteiger partial charge in [-0.15, -0.1) is 0 Å². The number of aromatic nitrogens is 1. The average molecular weight is 174 g/mol. The molecule has 0 atom stereocenters. The normalized spacial score (nSPS) is 10.5. The fourth-order valence-corrected chi connectivity index (χ4v) is 1.51. The number of allylic oxidation sites excluding steroid dienone is 1. The summed E-state index contributed by atoms with van der Waals surface area (Å²) in [6, 6.07) is 8.01. The van der Waals surface area contributed by atoms with E-state index in [1.807, 2.05) is 31.2 Å². The van der Waals surface area contributed by atoms with Crippen LogP contribution in [-0.2, 0) is 6.54 Å². The molecule has 0 aliphatic rings. The Morgan fingerprint density at radius 1 is 1.46 bits per heavy atom. The van der Waals surface area contributed by atoms with Crippen LogP contribution in [0.5, 0.6) is 0 Å². The van der Waals surface area contributed by atoms with Crippen LogP contribution in [0.4, 0.5) is 0 Å². The third kappa shape index (κ3) is 1.24. The van der Waals surface area contributed by atoms with Crippen molar-refractivity contribution in [1.29, 1.82) is 0 Å². The van der Waals surface area contributed by atoms with E-state index in [0.717, 1.165) is 23.5 Å². The van der Waals surface area contributed by atoms with Crippen molar-refractivity contribution in [3.8, 4) is 0 Å². The Balaban J connectivity index is 2.70. The summed E-state index contributed by atoms with van der Waals surface area (Å²) in [5.74, 6) is 0.918. The first-order valence-electron chi connectivity index (χ1n) is 4.32. The number of fused-ring (bicyclic) bond motifs is 1. The van der Waals surface area contributed by atoms with Gasteiger partial charge in [0.25, 0.3) is 5.52 Å². The van der Waals surface area contributed by atoms with Crippen molar-refractivity contribution < 1.29 is 8.98 Å². The van der Waals surface area contributed by atoms with Crippen molar-refractivity contribution >= 4 is 11.1 Å². The van der Waals surface area contributed by atoms with E-state index in [2.05, 4.69) is 17.2 Å². The fraction of sp³-hybridized carbons (Fsp3) is 0.182. The third-order valence-corrected chi connectivity index (χ3v) is 2.11. The molecule has 0 bridgehead atoms. The highest BCUT2D eigenvalue weighted by molar-refractivity contribution is 5.68. The smallest absolute Gasteiger partial charge is 0.345 e. The first-order valence-corrected chi connectivity index (χ1v) is 4.32. The second-order valence-corrected chi connectivity index (χ2v) is 2.99. The molecule has 0 spiro atoms. The van der Waals surface area contributed by atoms with Gasteiger partial charge in [0.1, 0.15) is 0 Å². The molecule has 66 valence electrons. The molecule has 0 amide bonds. The van der Waals surface area contributed by atoms with E-state index in [1.54, 1.807) is 0 Å². The van der Waals surface area contributed by atoms with Crippen molar-refractivity contribution in [3.63, 3.8) is 0 Å². The standard InChI is InChI=1S/C11H12NO/c1-3-8-12-9(2)13-11-7-5-4-6-10(11)12/h3-7H,1,8H2,2H3/q+1. The summed E-state index contributed by atoms with van der Waals surface area (Å²) in [4.78, 5) is 0. The van der Waals surface area contributed by atoms with Crippen molar-refractivity contribution in [2.45, 2.75) is 13.5 Å². The predicted molar refractivity (Wildman–Crippen MR) is 51.3 cm³/mol. The molecule has 0 N–H and O–H groups in total. The number of nitrogens with zero attached hydrogens (tertiary/aromatic N) is 1. The first-order chi connectivity index (χ1) is 6.33. The summed E-state index contributed by atoms with van der Waals surface area (Å²) in [5, 5.41) is 0. The molecule has 0 unspecified atom stereocenters. The third-order valence-electron chi connectivity index (χ3n) is 2.11. The van der Waals surface area contributed by atoms with Gasteiger partial charge in [0.05, 0.1) is 6.92 Å². The first kappa shape index (κ1) is 8.05. The average Bonchev–Trinajstić information content (AvgIpc) is 2.44. The number of rotatable bonds is 2. The van der Waals surface area contributed by atoms with Crippen LogP contribution in [0.2, 0.25) is 0 Å². The zero-order chi connectivity index (χ0) is 9.26. The minimum atomic E-state index is 0.794. The van der Waals surface area contributed by atoms with E-state index >= 15 is 0 Å². The van der Waals surface area contributed by atoms with Crippen molar-refractivity contribution in [3.05, 3.63) is 42.8 Å². The van der Waals surface area contributed by atoms with E-state index in [1.165, 1.54) is 0 Å². The highest BCUT2D eigenvalue weighted by atomic mass is 16.3. The molecule has 1 heterocycles. The largest absolute Gasteiger partial charge is 0.402 e. The summed E-state index contributed by atoms with van der Waals surface area (Å²) in [6.45, 7) is 6.48. The van der Waals surface area contributed by atoms with Gasteiger partial charge in [0, 0.05) is 6.07 Å². The Bertz CT molecular complexity index is 442. The van der Waals surface area contributed by atoms with Crippen LogP contribution in [0, 0.1) is 6.92 Å². The Kier molecular flexibility index (Phi) is 1.89. The second-order valence-electron chi connectivity index (χ2n) is 2.99. The monoisotopic (exact) mass is 174 g/mol. The molecule has 13 heavy (non-hydrogen) atoms. The van der Waals surface area contributed by atoms with Gasteiger partial charge < -0.3 is 4.42 Å². The van der Waals surface area contributed by atoms with Crippen LogP contribution < -0.4 is 4.57 Å². The zero-order valence-electron chi connectivity index (χ0n) is 7.66. The quantitative estimate of drug-likeness (QED) is 0.504. The van der Waals surface area contributed by atoms with Gasteiger partial charge in [-0.2, -0.15) is 4.57 Å². The lowest BCUT2D eigenvalue weighted by atomic mass is 10.3. The molecule has 2 aromatic rings. The van der Waals surface area contributed by atoms with Gasteiger partial charge in [-0.25, -0.2) is 0 Å². The van der Waals surface area contributed by atoms with Crippen molar-refractivity contribution in [2.24, 2.45) is 0 Å². The van der Waals surface area contributed by atoms with E-state index in [-0.39, 0.29) is 0 Å². The van der Waals surface area contributed by atoms with E-state index in [9.17, 15) is 0 Å². The molecular formula is C11H12NO+. The van der Waals surface area contributed by atoms with E-state index in [4.69, 9.17) is 4.42 Å². The van der Waals surface area contributed by atoms with Crippen LogP contribution in [-0.4, -0.2) is 0 Å². The molecule has 0 radical (unpaired) electrons. The second kappa shape index (κ2) is 3.05. The number of hydrogen-bond acceptors (Lipinski definition) is 1. The lowest BCUT2D eigenvalue weighted by molar-refractivity contribution is -0.672. The van der Waals surface area contributed by atoms with Crippen molar-refractivity contribution in [2.75, 3.05) is 0 Å². The molecule has 0 fully saturated rings. The van der Waals surface area contributed by atoms with Crippen LogP contribution in [0.15, 0.2) is 41.3 Å². The molecule has 0 saturated heterocycles. The van der Waals surface area contributed by atoms with Crippen LogP contribution in [0.3, 0.4) is 0 Å². The molecule has 0 aliphatic carbocycles. The van der Waals surface area contributed by atoms with Crippen molar-refractivity contribution in [1.82, 2.24) is 0 Å². The molecule has 2 heteroatoms. The van der Waals surface area contributed by atoms with Gasteiger partial charge in [0.2, 0.25) is 5.58 Å². The number of oxazole rings is 1. The minimum absolute atomic E-state index is 0.794. The number of para-hydroxylation sites is 2. The maximum Gasteiger partial charge on any atom is 0.345 e. The summed E-state index contributed by atoms with van der Waals surface area (Å²) < 4.78 is 7.67. The molecule has 1 aromatic heterocycles. The molecule has 2 nitrogen and oxygen atoms in total. The lowest BCUT2D eigenvalue weighted by Crippen LogP contribution is -2.33. The highest BCUT2D eigenvalue weighted by Crippen LogP contribution is 2.11. The van der Waals surface area contributed by atoms with Crippen LogP contribution in [0.1, 0.15) is 5.89 Å². The molecule has 0 saturated carbocycles. The van der Waals surface area contributed by atoms with Gasteiger partial charge in [-0.3, -0.25) is 0 Å². The van der Waals surface area contributed by atoms with Gasteiger partial charge >= 0.3 is 5.89 Å². The minimum Gasteiger partial charge on any atom is -0.402 e. The molecule has 1 aromatic carbocycles. The van der Waals surface area contributed by atoms with Crippen LogP contribution >= 0.6 is 0 Å². The SMILES string of the molecule is C=CC[n+]1c(C)oc2ccccc21. The highest BCUT2D eigenvalue weighted by Gasteiger charge is 2.15. The Labute approximate surface area is 77.1 Å². The Hall–Kier alpha value is -1.57. The summed E-state index contributed by atoms with van der Waals surface area (Å²) in [7, 11) is 0. The Morgan fingerprint density at radius 3 is 3.00 bits per heavy atom. The Morgan fingerprint density at radius 2 is 2.23 bits per heavy atom. The predicted octanol–water partition coefficient (Wildman–Crippen LogP) is 2.21. The summed E-state index contributed by atoms with van der Waals surface area (Å²) in [5.41, 5.74) is 2.06.